The SMILES string of the molecule is CCC(CC)Nc1ncc(N)cc1C. The van der Waals surface area contributed by atoms with Gasteiger partial charge in [-0.15, -0.1) is 0 Å². The summed E-state index contributed by atoms with van der Waals surface area (Å²) in [6.45, 7) is 6.37. The van der Waals surface area contributed by atoms with Gasteiger partial charge in [0.1, 0.15) is 5.82 Å². The van der Waals surface area contributed by atoms with Crippen LogP contribution in [0.25, 0.3) is 0 Å². The molecule has 0 saturated heterocycles. The van der Waals surface area contributed by atoms with Crippen molar-refractivity contribution in [2.45, 2.75) is 39.7 Å². The van der Waals surface area contributed by atoms with Crippen LogP contribution in [0.1, 0.15) is 32.3 Å². The summed E-state index contributed by atoms with van der Waals surface area (Å²) in [6.07, 6.45) is 3.92. The Balaban J connectivity index is 2.76. The fraction of sp³-hybridized carbons (Fsp3) is 0.545. The van der Waals surface area contributed by atoms with Gasteiger partial charge in [0.2, 0.25) is 0 Å². The third-order valence-electron chi connectivity index (χ3n) is 2.43. The van der Waals surface area contributed by atoms with Crippen molar-refractivity contribution in [3.8, 4) is 0 Å². The van der Waals surface area contributed by atoms with Crippen LogP contribution in [0.2, 0.25) is 0 Å². The van der Waals surface area contributed by atoms with Crippen LogP contribution in [-0.2, 0) is 0 Å². The molecule has 1 aromatic rings. The van der Waals surface area contributed by atoms with Gasteiger partial charge in [-0.1, -0.05) is 13.8 Å². The number of hydrogen-bond acceptors (Lipinski definition) is 3. The highest BCUT2D eigenvalue weighted by Gasteiger charge is 2.05. The molecular formula is C11H19N3. The van der Waals surface area contributed by atoms with Gasteiger partial charge in [-0.25, -0.2) is 4.98 Å². The first kappa shape index (κ1) is 10.8. The maximum atomic E-state index is 5.63. The molecule has 0 radical (unpaired) electrons. The average molecular weight is 193 g/mol. The lowest BCUT2D eigenvalue weighted by Crippen LogP contribution is -2.18. The minimum atomic E-state index is 0.504. The second-order valence-corrected chi connectivity index (χ2v) is 3.59. The van der Waals surface area contributed by atoms with Crippen molar-refractivity contribution in [2.75, 3.05) is 11.1 Å². The van der Waals surface area contributed by atoms with E-state index in [1.165, 1.54) is 0 Å². The molecular weight excluding hydrogens is 174 g/mol. The number of anilines is 2. The molecule has 0 aliphatic heterocycles. The van der Waals surface area contributed by atoms with Crippen molar-refractivity contribution in [3.63, 3.8) is 0 Å². The molecule has 0 fully saturated rings. The Hall–Kier alpha value is -1.25. The molecule has 14 heavy (non-hydrogen) atoms. The van der Waals surface area contributed by atoms with E-state index in [-0.39, 0.29) is 0 Å². The van der Waals surface area contributed by atoms with Gasteiger partial charge in [0.15, 0.2) is 0 Å². The van der Waals surface area contributed by atoms with Crippen LogP contribution in [0, 0.1) is 6.92 Å². The lowest BCUT2D eigenvalue weighted by Gasteiger charge is -2.16. The Kier molecular flexibility index (Phi) is 3.74. The van der Waals surface area contributed by atoms with Crippen LogP contribution in [0.3, 0.4) is 0 Å². The number of rotatable bonds is 4. The van der Waals surface area contributed by atoms with Gasteiger partial charge in [0, 0.05) is 6.04 Å². The minimum absolute atomic E-state index is 0.504. The number of aromatic nitrogens is 1. The maximum Gasteiger partial charge on any atom is 0.129 e. The van der Waals surface area contributed by atoms with E-state index >= 15 is 0 Å². The summed E-state index contributed by atoms with van der Waals surface area (Å²) >= 11 is 0. The molecule has 3 N–H and O–H groups in total. The van der Waals surface area contributed by atoms with Crippen LogP contribution in [-0.4, -0.2) is 11.0 Å². The van der Waals surface area contributed by atoms with Crippen molar-refractivity contribution < 1.29 is 0 Å². The van der Waals surface area contributed by atoms with Crippen molar-refractivity contribution in [2.24, 2.45) is 0 Å². The van der Waals surface area contributed by atoms with E-state index in [1.807, 2.05) is 13.0 Å². The van der Waals surface area contributed by atoms with Gasteiger partial charge in [-0.3, -0.25) is 0 Å². The zero-order valence-corrected chi connectivity index (χ0v) is 9.17. The van der Waals surface area contributed by atoms with Crippen molar-refractivity contribution in [1.82, 2.24) is 4.98 Å². The fourth-order valence-electron chi connectivity index (χ4n) is 1.43. The van der Waals surface area contributed by atoms with Gasteiger partial charge in [-0.05, 0) is 31.4 Å². The first-order valence-corrected chi connectivity index (χ1v) is 5.16. The first-order valence-electron chi connectivity index (χ1n) is 5.16. The zero-order chi connectivity index (χ0) is 10.6. The molecule has 0 saturated carbocycles. The monoisotopic (exact) mass is 193 g/mol. The molecule has 0 aromatic carbocycles. The van der Waals surface area contributed by atoms with E-state index in [9.17, 15) is 0 Å². The summed E-state index contributed by atoms with van der Waals surface area (Å²) in [4.78, 5) is 4.28. The molecule has 0 unspecified atom stereocenters. The summed E-state index contributed by atoms with van der Waals surface area (Å²) in [5.41, 5.74) is 7.46. The topological polar surface area (TPSA) is 50.9 Å². The van der Waals surface area contributed by atoms with Crippen LogP contribution in [0.5, 0.6) is 0 Å². The van der Waals surface area contributed by atoms with Crippen LogP contribution in [0.15, 0.2) is 12.3 Å². The zero-order valence-electron chi connectivity index (χ0n) is 9.17. The smallest absolute Gasteiger partial charge is 0.129 e. The van der Waals surface area contributed by atoms with Crippen molar-refractivity contribution in [3.05, 3.63) is 17.8 Å². The van der Waals surface area contributed by atoms with E-state index in [4.69, 9.17) is 5.73 Å². The normalized spacial score (nSPS) is 10.6. The van der Waals surface area contributed by atoms with E-state index in [0.29, 0.717) is 6.04 Å². The van der Waals surface area contributed by atoms with Gasteiger partial charge < -0.3 is 11.1 Å². The first-order chi connectivity index (χ1) is 6.67. The Bertz CT molecular complexity index is 293. The quantitative estimate of drug-likeness (QED) is 0.772. The van der Waals surface area contributed by atoms with E-state index in [2.05, 4.69) is 24.1 Å². The highest BCUT2D eigenvalue weighted by Crippen LogP contribution is 2.16. The van der Waals surface area contributed by atoms with E-state index in [1.54, 1.807) is 6.20 Å². The standard InChI is InChI=1S/C11H19N3/c1-4-10(5-2)14-11-8(3)6-9(12)7-13-11/h6-7,10H,4-5,12H2,1-3H3,(H,13,14). The number of pyridine rings is 1. The van der Waals surface area contributed by atoms with Crippen molar-refractivity contribution in [1.29, 1.82) is 0 Å². The predicted molar refractivity (Wildman–Crippen MR) is 61.4 cm³/mol. The molecule has 0 spiro atoms. The second-order valence-electron chi connectivity index (χ2n) is 3.59. The number of hydrogen-bond donors (Lipinski definition) is 2. The number of aryl methyl sites for hydroxylation is 1. The van der Waals surface area contributed by atoms with Crippen LogP contribution < -0.4 is 11.1 Å². The van der Waals surface area contributed by atoms with Crippen LogP contribution in [0.4, 0.5) is 11.5 Å². The molecule has 3 nitrogen and oxygen atoms in total. The largest absolute Gasteiger partial charge is 0.397 e. The van der Waals surface area contributed by atoms with E-state index in [0.717, 1.165) is 29.9 Å². The van der Waals surface area contributed by atoms with Gasteiger partial charge >= 0.3 is 0 Å². The average Bonchev–Trinajstić information content (AvgIpc) is 2.17. The molecule has 0 amide bonds. The third-order valence-corrected chi connectivity index (χ3v) is 2.43. The Morgan fingerprint density at radius 3 is 2.57 bits per heavy atom. The summed E-state index contributed by atoms with van der Waals surface area (Å²) in [5, 5.41) is 3.41. The van der Waals surface area contributed by atoms with Crippen LogP contribution >= 0.6 is 0 Å². The van der Waals surface area contributed by atoms with E-state index < -0.39 is 0 Å². The summed E-state index contributed by atoms with van der Waals surface area (Å²) in [6, 6.07) is 2.45. The molecule has 0 atom stereocenters. The molecule has 0 bridgehead atoms. The Morgan fingerprint density at radius 1 is 1.43 bits per heavy atom. The Labute approximate surface area is 85.7 Å². The lowest BCUT2D eigenvalue weighted by atomic mass is 10.1. The summed E-state index contributed by atoms with van der Waals surface area (Å²) in [5.74, 6) is 0.952. The van der Waals surface area contributed by atoms with Crippen molar-refractivity contribution >= 4 is 11.5 Å². The molecule has 0 aliphatic rings. The number of nitrogens with zero attached hydrogens (tertiary/aromatic N) is 1. The highest BCUT2D eigenvalue weighted by molar-refractivity contribution is 5.51. The summed E-state index contributed by atoms with van der Waals surface area (Å²) in [7, 11) is 0. The van der Waals surface area contributed by atoms with Gasteiger partial charge in [0.05, 0.1) is 11.9 Å². The Morgan fingerprint density at radius 2 is 2.07 bits per heavy atom. The number of nitrogen functional groups attached to an aromatic ring is 1. The highest BCUT2D eigenvalue weighted by atomic mass is 15.0. The lowest BCUT2D eigenvalue weighted by molar-refractivity contribution is 0.668. The predicted octanol–water partition coefficient (Wildman–Crippen LogP) is 2.57. The summed E-state index contributed by atoms with van der Waals surface area (Å²) < 4.78 is 0. The molecule has 3 heteroatoms. The minimum Gasteiger partial charge on any atom is -0.397 e. The molecule has 1 rings (SSSR count). The molecule has 78 valence electrons. The molecule has 1 heterocycles. The molecule has 0 aliphatic carbocycles. The molecule has 1 aromatic heterocycles. The number of nitrogens with two attached hydrogens (primary N) is 1. The number of nitrogens with one attached hydrogen (secondary N) is 1. The second kappa shape index (κ2) is 4.84. The maximum absolute atomic E-state index is 5.63. The van der Waals surface area contributed by atoms with Gasteiger partial charge in [0.25, 0.3) is 0 Å². The third kappa shape index (κ3) is 2.62. The fourth-order valence-corrected chi connectivity index (χ4v) is 1.43. The van der Waals surface area contributed by atoms with Gasteiger partial charge in [-0.2, -0.15) is 0 Å².